The first kappa shape index (κ1) is 12.6. The third-order valence-corrected chi connectivity index (χ3v) is 2.79. The van der Waals surface area contributed by atoms with E-state index in [1.54, 1.807) is 18.2 Å². The Hall–Kier alpha value is -1.87. The second-order valence-corrected chi connectivity index (χ2v) is 4.51. The van der Waals surface area contributed by atoms with Crippen molar-refractivity contribution in [3.05, 3.63) is 58.2 Å². The number of halogens is 1. The minimum Gasteiger partial charge on any atom is -0.307 e. The zero-order valence-electron chi connectivity index (χ0n) is 10.2. The SMILES string of the molecule is Cc1ccc(C(=O)Nc2cccc(Cl)n2)c(C)c1. The summed E-state index contributed by atoms with van der Waals surface area (Å²) in [6.07, 6.45) is 0. The van der Waals surface area contributed by atoms with Crippen molar-refractivity contribution in [3.63, 3.8) is 0 Å². The number of aromatic nitrogens is 1. The monoisotopic (exact) mass is 260 g/mol. The fourth-order valence-electron chi connectivity index (χ4n) is 1.73. The van der Waals surface area contributed by atoms with E-state index in [0.717, 1.165) is 11.1 Å². The lowest BCUT2D eigenvalue weighted by Crippen LogP contribution is -2.14. The van der Waals surface area contributed by atoms with Gasteiger partial charge in [0.25, 0.3) is 5.91 Å². The molecule has 18 heavy (non-hydrogen) atoms. The van der Waals surface area contributed by atoms with E-state index >= 15 is 0 Å². The molecule has 0 bridgehead atoms. The van der Waals surface area contributed by atoms with Gasteiger partial charge in [-0.2, -0.15) is 0 Å². The predicted octanol–water partition coefficient (Wildman–Crippen LogP) is 3.60. The van der Waals surface area contributed by atoms with E-state index in [1.165, 1.54) is 0 Å². The lowest BCUT2D eigenvalue weighted by molar-refractivity contribution is 0.102. The fourth-order valence-corrected chi connectivity index (χ4v) is 1.89. The highest BCUT2D eigenvalue weighted by molar-refractivity contribution is 6.29. The summed E-state index contributed by atoms with van der Waals surface area (Å²) in [6.45, 7) is 3.90. The topological polar surface area (TPSA) is 42.0 Å². The van der Waals surface area contributed by atoms with Gasteiger partial charge in [-0.05, 0) is 37.6 Å². The largest absolute Gasteiger partial charge is 0.307 e. The smallest absolute Gasteiger partial charge is 0.257 e. The summed E-state index contributed by atoms with van der Waals surface area (Å²) in [5, 5.41) is 3.08. The number of nitrogens with zero attached hydrogens (tertiary/aromatic N) is 1. The van der Waals surface area contributed by atoms with Crippen molar-refractivity contribution in [2.75, 3.05) is 5.32 Å². The number of carbonyl (C=O) groups excluding carboxylic acids is 1. The van der Waals surface area contributed by atoms with Crippen LogP contribution in [0, 0.1) is 13.8 Å². The maximum absolute atomic E-state index is 12.1. The number of hydrogen-bond donors (Lipinski definition) is 1. The van der Waals surface area contributed by atoms with Crippen LogP contribution in [0.15, 0.2) is 36.4 Å². The molecular formula is C14H13ClN2O. The number of aryl methyl sites for hydroxylation is 2. The first-order valence-electron chi connectivity index (χ1n) is 5.57. The lowest BCUT2D eigenvalue weighted by atomic mass is 10.1. The van der Waals surface area contributed by atoms with E-state index in [2.05, 4.69) is 10.3 Å². The fraction of sp³-hybridized carbons (Fsp3) is 0.143. The first-order valence-corrected chi connectivity index (χ1v) is 5.95. The van der Waals surface area contributed by atoms with Gasteiger partial charge in [-0.1, -0.05) is 35.4 Å². The van der Waals surface area contributed by atoms with Crippen molar-refractivity contribution < 1.29 is 4.79 Å². The second kappa shape index (κ2) is 5.19. The maximum atomic E-state index is 12.1. The van der Waals surface area contributed by atoms with Crippen LogP contribution in [0.4, 0.5) is 5.82 Å². The normalized spacial score (nSPS) is 10.2. The van der Waals surface area contributed by atoms with Crippen molar-refractivity contribution in [3.8, 4) is 0 Å². The van der Waals surface area contributed by atoms with Crippen molar-refractivity contribution in [1.29, 1.82) is 0 Å². The molecule has 2 rings (SSSR count). The van der Waals surface area contributed by atoms with Gasteiger partial charge in [-0.3, -0.25) is 4.79 Å². The third kappa shape index (κ3) is 2.87. The Bertz CT molecular complexity index is 596. The van der Waals surface area contributed by atoms with Gasteiger partial charge >= 0.3 is 0 Å². The second-order valence-electron chi connectivity index (χ2n) is 4.12. The van der Waals surface area contributed by atoms with Crippen molar-refractivity contribution in [2.45, 2.75) is 13.8 Å². The summed E-state index contributed by atoms with van der Waals surface area (Å²) in [7, 11) is 0. The highest BCUT2D eigenvalue weighted by atomic mass is 35.5. The maximum Gasteiger partial charge on any atom is 0.257 e. The Morgan fingerprint density at radius 1 is 1.22 bits per heavy atom. The van der Waals surface area contributed by atoms with Gasteiger partial charge in [0.15, 0.2) is 0 Å². The van der Waals surface area contributed by atoms with Gasteiger partial charge in [0.05, 0.1) is 0 Å². The van der Waals surface area contributed by atoms with Gasteiger partial charge in [0.2, 0.25) is 0 Å². The molecule has 0 atom stereocenters. The summed E-state index contributed by atoms with van der Waals surface area (Å²) >= 11 is 5.76. The number of carbonyl (C=O) groups is 1. The first-order chi connectivity index (χ1) is 8.56. The molecule has 0 unspecified atom stereocenters. The van der Waals surface area contributed by atoms with Crippen LogP contribution in [0.5, 0.6) is 0 Å². The zero-order chi connectivity index (χ0) is 13.1. The Labute approximate surface area is 111 Å². The molecule has 0 radical (unpaired) electrons. The van der Waals surface area contributed by atoms with Crippen molar-refractivity contribution in [1.82, 2.24) is 4.98 Å². The molecule has 0 saturated heterocycles. The molecule has 1 heterocycles. The highest BCUT2D eigenvalue weighted by Crippen LogP contribution is 2.14. The quantitative estimate of drug-likeness (QED) is 0.839. The van der Waals surface area contributed by atoms with Crippen LogP contribution in [0.2, 0.25) is 5.15 Å². The average molecular weight is 261 g/mol. The van der Waals surface area contributed by atoms with Crippen LogP contribution in [0.3, 0.4) is 0 Å². The van der Waals surface area contributed by atoms with Crippen LogP contribution in [0.25, 0.3) is 0 Å². The Morgan fingerprint density at radius 2 is 2.00 bits per heavy atom. The molecule has 0 aliphatic heterocycles. The van der Waals surface area contributed by atoms with Crippen LogP contribution in [-0.4, -0.2) is 10.9 Å². The van der Waals surface area contributed by atoms with E-state index in [4.69, 9.17) is 11.6 Å². The van der Waals surface area contributed by atoms with Crippen molar-refractivity contribution in [2.24, 2.45) is 0 Å². The lowest BCUT2D eigenvalue weighted by Gasteiger charge is -2.07. The van der Waals surface area contributed by atoms with Crippen molar-refractivity contribution >= 4 is 23.3 Å². The number of pyridine rings is 1. The Balaban J connectivity index is 2.22. The summed E-state index contributed by atoms with van der Waals surface area (Å²) < 4.78 is 0. The zero-order valence-corrected chi connectivity index (χ0v) is 11.0. The van der Waals surface area contributed by atoms with Crippen LogP contribution in [0.1, 0.15) is 21.5 Å². The molecule has 1 aromatic heterocycles. The number of hydrogen-bond acceptors (Lipinski definition) is 2. The summed E-state index contributed by atoms with van der Waals surface area (Å²) in [5.74, 6) is 0.273. The molecule has 2 aromatic rings. The number of anilines is 1. The predicted molar refractivity (Wildman–Crippen MR) is 73.1 cm³/mol. The molecule has 4 heteroatoms. The summed E-state index contributed by atoms with van der Waals surface area (Å²) in [5.41, 5.74) is 2.71. The van der Waals surface area contributed by atoms with Gasteiger partial charge in [0, 0.05) is 5.56 Å². The van der Waals surface area contributed by atoms with E-state index < -0.39 is 0 Å². The standard InChI is InChI=1S/C14H13ClN2O/c1-9-6-7-11(10(2)8-9)14(18)17-13-5-3-4-12(15)16-13/h3-8H,1-2H3,(H,16,17,18). The third-order valence-electron chi connectivity index (χ3n) is 2.58. The van der Waals surface area contributed by atoms with Gasteiger partial charge in [-0.15, -0.1) is 0 Å². The molecule has 0 saturated carbocycles. The molecular weight excluding hydrogens is 248 g/mol. The number of nitrogens with one attached hydrogen (secondary N) is 1. The number of amides is 1. The highest BCUT2D eigenvalue weighted by Gasteiger charge is 2.09. The van der Waals surface area contributed by atoms with Gasteiger partial charge in [-0.25, -0.2) is 4.98 Å². The molecule has 0 spiro atoms. The molecule has 1 N–H and O–H groups in total. The molecule has 0 aliphatic carbocycles. The molecule has 3 nitrogen and oxygen atoms in total. The van der Waals surface area contributed by atoms with E-state index in [9.17, 15) is 4.79 Å². The minimum atomic E-state index is -0.178. The van der Waals surface area contributed by atoms with Crippen LogP contribution >= 0.6 is 11.6 Å². The summed E-state index contributed by atoms with van der Waals surface area (Å²) in [4.78, 5) is 16.1. The van der Waals surface area contributed by atoms with Crippen LogP contribution in [-0.2, 0) is 0 Å². The molecule has 1 amide bonds. The van der Waals surface area contributed by atoms with E-state index in [-0.39, 0.29) is 5.91 Å². The number of benzene rings is 1. The molecule has 0 aliphatic rings. The van der Waals surface area contributed by atoms with Gasteiger partial charge in [0.1, 0.15) is 11.0 Å². The summed E-state index contributed by atoms with van der Waals surface area (Å²) in [6, 6.07) is 10.8. The number of rotatable bonds is 2. The Kier molecular flexibility index (Phi) is 3.63. The minimum absolute atomic E-state index is 0.178. The van der Waals surface area contributed by atoms with Crippen LogP contribution < -0.4 is 5.32 Å². The van der Waals surface area contributed by atoms with Gasteiger partial charge < -0.3 is 5.32 Å². The van der Waals surface area contributed by atoms with E-state index in [0.29, 0.717) is 16.5 Å². The Morgan fingerprint density at radius 3 is 2.67 bits per heavy atom. The molecule has 92 valence electrons. The van der Waals surface area contributed by atoms with E-state index in [1.807, 2.05) is 32.0 Å². The molecule has 0 fully saturated rings. The average Bonchev–Trinajstić information content (AvgIpc) is 2.28. The molecule has 1 aromatic carbocycles.